The molecule has 30 heavy (non-hydrogen) atoms. The molecule has 3 atom stereocenters. The first-order valence-corrected chi connectivity index (χ1v) is 10.00. The third kappa shape index (κ3) is 3.74. The number of alkyl halides is 3. The maximum absolute atomic E-state index is 13.9. The molecule has 4 heterocycles. The van der Waals surface area contributed by atoms with E-state index < -0.39 is 17.8 Å². The van der Waals surface area contributed by atoms with E-state index in [1.54, 1.807) is 0 Å². The topological polar surface area (TPSA) is 63.5 Å². The third-order valence-electron chi connectivity index (χ3n) is 5.43. The Morgan fingerprint density at radius 1 is 1.20 bits per heavy atom. The van der Waals surface area contributed by atoms with Crippen LogP contribution in [0.1, 0.15) is 20.3 Å². The molecule has 2 aliphatic rings. The van der Waals surface area contributed by atoms with E-state index in [1.807, 2.05) is 18.7 Å². The van der Waals surface area contributed by atoms with Gasteiger partial charge in [0.15, 0.2) is 0 Å². The summed E-state index contributed by atoms with van der Waals surface area (Å²) in [5.74, 6) is 0.279. The van der Waals surface area contributed by atoms with E-state index in [2.05, 4.69) is 9.97 Å². The number of pyridine rings is 1. The molecule has 0 saturated carbocycles. The number of aromatic nitrogens is 3. The van der Waals surface area contributed by atoms with E-state index in [-0.39, 0.29) is 41.8 Å². The van der Waals surface area contributed by atoms with Gasteiger partial charge in [-0.3, -0.25) is 14.3 Å². The number of morpholine rings is 1. The molecule has 2 aromatic rings. The van der Waals surface area contributed by atoms with Crippen LogP contribution in [-0.4, -0.2) is 52.1 Å². The Balaban J connectivity index is 1.89. The van der Waals surface area contributed by atoms with Crippen LogP contribution in [0.2, 0.25) is 5.15 Å². The van der Waals surface area contributed by atoms with Crippen molar-refractivity contribution in [2.24, 2.45) is 0 Å². The fourth-order valence-corrected chi connectivity index (χ4v) is 4.30. The number of hydrogen-bond donors (Lipinski definition) is 0. The van der Waals surface area contributed by atoms with E-state index >= 15 is 0 Å². The molecule has 7 nitrogen and oxygen atoms in total. The second kappa shape index (κ2) is 7.73. The number of ether oxygens (including phenoxy) is 1. The smallest absolute Gasteiger partial charge is 0.377 e. The minimum atomic E-state index is -4.52. The van der Waals surface area contributed by atoms with Gasteiger partial charge in [0.1, 0.15) is 17.0 Å². The highest BCUT2D eigenvalue weighted by molar-refractivity contribution is 6.29. The Kier molecular flexibility index (Phi) is 5.39. The molecule has 1 saturated heterocycles. The first kappa shape index (κ1) is 20.9. The van der Waals surface area contributed by atoms with Gasteiger partial charge in [-0.1, -0.05) is 11.6 Å². The van der Waals surface area contributed by atoms with Crippen LogP contribution in [0.25, 0.3) is 0 Å². The summed E-state index contributed by atoms with van der Waals surface area (Å²) < 4.78 is 48.6. The number of fused-ring (bicyclic) bond motifs is 1. The normalized spacial score (nSPS) is 24.7. The van der Waals surface area contributed by atoms with Crippen LogP contribution in [0, 0.1) is 0 Å². The van der Waals surface area contributed by atoms with Gasteiger partial charge in [0.25, 0.3) is 5.56 Å². The minimum Gasteiger partial charge on any atom is -0.377 e. The summed E-state index contributed by atoms with van der Waals surface area (Å²) >= 11 is 5.95. The van der Waals surface area contributed by atoms with Crippen LogP contribution < -0.4 is 15.4 Å². The lowest BCUT2D eigenvalue weighted by Crippen LogP contribution is -2.52. The number of anilines is 3. The SMILES string of the molecule is CC1COCC(C)N1c1cc(=O)n2c(n1)N(c1ccnc(Cl)c1)C(C(F)(F)F)CC2. The molecular formula is C19H21ClF3N5O2. The number of rotatable bonds is 2. The Labute approximate surface area is 176 Å². The van der Waals surface area contributed by atoms with E-state index in [1.165, 1.54) is 29.0 Å². The molecule has 2 aliphatic heterocycles. The fourth-order valence-electron chi connectivity index (χ4n) is 4.13. The van der Waals surface area contributed by atoms with E-state index in [0.717, 1.165) is 4.90 Å². The zero-order chi connectivity index (χ0) is 21.6. The highest BCUT2D eigenvalue weighted by Crippen LogP contribution is 2.39. The Morgan fingerprint density at radius 2 is 1.90 bits per heavy atom. The van der Waals surface area contributed by atoms with Gasteiger partial charge in [-0.25, -0.2) is 4.98 Å². The van der Waals surface area contributed by atoms with Gasteiger partial charge in [-0.05, 0) is 32.4 Å². The molecule has 11 heteroatoms. The van der Waals surface area contributed by atoms with Crippen molar-refractivity contribution < 1.29 is 17.9 Å². The van der Waals surface area contributed by atoms with E-state index in [4.69, 9.17) is 16.3 Å². The van der Waals surface area contributed by atoms with Gasteiger partial charge < -0.3 is 9.64 Å². The molecule has 0 radical (unpaired) electrons. The number of halogens is 4. The first-order chi connectivity index (χ1) is 14.2. The van der Waals surface area contributed by atoms with Crippen LogP contribution in [0.15, 0.2) is 29.2 Å². The molecule has 0 amide bonds. The highest BCUT2D eigenvalue weighted by atomic mass is 35.5. The quantitative estimate of drug-likeness (QED) is 0.663. The highest BCUT2D eigenvalue weighted by Gasteiger charge is 2.47. The largest absolute Gasteiger partial charge is 0.409 e. The van der Waals surface area contributed by atoms with E-state index in [0.29, 0.717) is 19.0 Å². The zero-order valence-electron chi connectivity index (χ0n) is 16.4. The molecule has 3 unspecified atom stereocenters. The summed E-state index contributed by atoms with van der Waals surface area (Å²) in [6.45, 7) is 4.66. The Hall–Kier alpha value is -2.33. The summed E-state index contributed by atoms with van der Waals surface area (Å²) in [5.41, 5.74) is -0.218. The lowest BCUT2D eigenvalue weighted by atomic mass is 10.1. The Bertz CT molecular complexity index is 989. The number of hydrogen-bond acceptors (Lipinski definition) is 6. The van der Waals surface area contributed by atoms with Crippen molar-refractivity contribution in [3.8, 4) is 0 Å². The molecular weight excluding hydrogens is 423 g/mol. The van der Waals surface area contributed by atoms with Crippen LogP contribution in [0.4, 0.5) is 30.6 Å². The standard InChI is InChI=1S/C19H21ClF3N5O2/c1-11-9-30-10-12(2)27(11)16-8-17(29)26-6-4-14(19(21,22)23)28(18(26)25-16)13-3-5-24-15(20)7-13/h3,5,7-8,11-12,14H,4,6,9-10H2,1-2H3. The monoisotopic (exact) mass is 443 g/mol. The van der Waals surface area contributed by atoms with Crippen LogP contribution >= 0.6 is 11.6 Å². The van der Waals surface area contributed by atoms with Crippen LogP contribution in [0.5, 0.6) is 0 Å². The summed E-state index contributed by atoms with van der Waals surface area (Å²) in [4.78, 5) is 24.2. The van der Waals surface area contributed by atoms with Crippen molar-refractivity contribution in [2.45, 2.75) is 51.1 Å². The molecule has 0 aromatic carbocycles. The second-order valence-electron chi connectivity index (χ2n) is 7.60. The van der Waals surface area contributed by atoms with Crippen LogP contribution in [0.3, 0.4) is 0 Å². The van der Waals surface area contributed by atoms with Crippen molar-refractivity contribution in [3.05, 3.63) is 39.9 Å². The molecule has 4 rings (SSSR count). The van der Waals surface area contributed by atoms with Gasteiger partial charge in [-0.2, -0.15) is 18.2 Å². The third-order valence-corrected chi connectivity index (χ3v) is 5.63. The molecule has 162 valence electrons. The summed E-state index contributed by atoms with van der Waals surface area (Å²) in [6, 6.07) is 2.17. The maximum atomic E-state index is 13.9. The molecule has 0 N–H and O–H groups in total. The molecule has 0 spiro atoms. The molecule has 0 bridgehead atoms. The van der Waals surface area contributed by atoms with Gasteiger partial charge in [-0.15, -0.1) is 0 Å². The van der Waals surface area contributed by atoms with Gasteiger partial charge >= 0.3 is 6.18 Å². The van der Waals surface area contributed by atoms with Crippen molar-refractivity contribution in [1.29, 1.82) is 0 Å². The maximum Gasteiger partial charge on any atom is 0.409 e. The first-order valence-electron chi connectivity index (χ1n) is 9.62. The average Bonchev–Trinajstić information content (AvgIpc) is 2.66. The predicted octanol–water partition coefficient (Wildman–Crippen LogP) is 3.38. The predicted molar refractivity (Wildman–Crippen MR) is 107 cm³/mol. The van der Waals surface area contributed by atoms with Crippen molar-refractivity contribution in [1.82, 2.24) is 14.5 Å². The lowest BCUT2D eigenvalue weighted by Gasteiger charge is -2.42. The summed E-state index contributed by atoms with van der Waals surface area (Å²) in [5, 5.41) is 0.0551. The summed E-state index contributed by atoms with van der Waals surface area (Å²) in [7, 11) is 0. The molecule has 2 aromatic heterocycles. The van der Waals surface area contributed by atoms with Crippen LogP contribution in [-0.2, 0) is 11.3 Å². The zero-order valence-corrected chi connectivity index (χ0v) is 17.2. The van der Waals surface area contributed by atoms with Crippen molar-refractivity contribution in [2.75, 3.05) is 23.0 Å². The van der Waals surface area contributed by atoms with Crippen molar-refractivity contribution >= 4 is 29.1 Å². The molecule has 0 aliphatic carbocycles. The molecule has 1 fully saturated rings. The fraction of sp³-hybridized carbons (Fsp3) is 0.526. The van der Waals surface area contributed by atoms with E-state index in [9.17, 15) is 18.0 Å². The lowest BCUT2D eigenvalue weighted by molar-refractivity contribution is -0.150. The minimum absolute atomic E-state index is 0.0551. The van der Waals surface area contributed by atoms with Gasteiger partial charge in [0.2, 0.25) is 5.95 Å². The average molecular weight is 444 g/mol. The van der Waals surface area contributed by atoms with Gasteiger partial charge in [0.05, 0.1) is 25.3 Å². The summed E-state index contributed by atoms with van der Waals surface area (Å²) in [6.07, 6.45) is -3.46. The van der Waals surface area contributed by atoms with Gasteiger partial charge in [0, 0.05) is 24.5 Å². The second-order valence-corrected chi connectivity index (χ2v) is 7.99. The van der Waals surface area contributed by atoms with Crippen molar-refractivity contribution in [3.63, 3.8) is 0 Å². The number of nitrogens with zero attached hydrogens (tertiary/aromatic N) is 5. The Morgan fingerprint density at radius 3 is 2.53 bits per heavy atom.